The number of esters is 1. The van der Waals surface area contributed by atoms with Crippen LogP contribution in [-0.4, -0.2) is 28.5 Å². The molecule has 1 amide bonds. The van der Waals surface area contributed by atoms with Gasteiger partial charge in [-0.15, -0.1) is 0 Å². The van der Waals surface area contributed by atoms with Gasteiger partial charge in [0.1, 0.15) is 5.56 Å². The summed E-state index contributed by atoms with van der Waals surface area (Å²) in [6.45, 7) is -0.786. The molecule has 0 aliphatic carbocycles. The SMILES string of the molecule is O=C(COC(=O)c1ccc[nH]c1=O)Nc1ncc(C(F)(F)F)cc1Cl. The lowest BCUT2D eigenvalue weighted by Crippen LogP contribution is -2.25. The van der Waals surface area contributed by atoms with Gasteiger partial charge in [0, 0.05) is 12.4 Å². The number of amides is 1. The van der Waals surface area contributed by atoms with Gasteiger partial charge in [0.25, 0.3) is 11.5 Å². The summed E-state index contributed by atoms with van der Waals surface area (Å²) in [7, 11) is 0. The molecule has 0 spiro atoms. The third kappa shape index (κ3) is 4.80. The van der Waals surface area contributed by atoms with Crippen molar-refractivity contribution in [2.24, 2.45) is 0 Å². The molecule has 11 heteroatoms. The van der Waals surface area contributed by atoms with Crippen molar-refractivity contribution in [3.05, 3.63) is 57.1 Å². The summed E-state index contributed by atoms with van der Waals surface area (Å²) in [4.78, 5) is 40.4. The molecule has 2 heterocycles. The number of pyridine rings is 2. The van der Waals surface area contributed by atoms with Crippen LogP contribution in [0.3, 0.4) is 0 Å². The standard InChI is InChI=1S/C14H9ClF3N3O4/c15-9-4-7(14(16,17)18)5-20-11(9)21-10(22)6-25-13(24)8-2-1-3-19-12(8)23/h1-5H,6H2,(H,19,23)(H,20,21,22). The van der Waals surface area contributed by atoms with Crippen LogP contribution in [-0.2, 0) is 15.7 Å². The first kappa shape index (κ1) is 18.5. The third-order valence-corrected chi connectivity index (χ3v) is 3.09. The molecule has 0 saturated heterocycles. The predicted octanol–water partition coefficient (Wildman–Crippen LogP) is 2.24. The molecule has 25 heavy (non-hydrogen) atoms. The Bertz CT molecular complexity index is 867. The smallest absolute Gasteiger partial charge is 0.417 e. The highest BCUT2D eigenvalue weighted by atomic mass is 35.5. The molecular weight excluding hydrogens is 367 g/mol. The Hall–Kier alpha value is -2.88. The van der Waals surface area contributed by atoms with Crippen molar-refractivity contribution in [3.63, 3.8) is 0 Å². The van der Waals surface area contributed by atoms with Gasteiger partial charge in [-0.3, -0.25) is 9.59 Å². The molecule has 0 saturated carbocycles. The number of aromatic amines is 1. The van der Waals surface area contributed by atoms with Crippen LogP contribution in [0.5, 0.6) is 0 Å². The van der Waals surface area contributed by atoms with E-state index in [4.69, 9.17) is 11.6 Å². The molecule has 0 aliphatic rings. The number of alkyl halides is 3. The number of H-pyrrole nitrogens is 1. The van der Waals surface area contributed by atoms with E-state index in [0.29, 0.717) is 12.3 Å². The lowest BCUT2D eigenvalue weighted by molar-refractivity contribution is -0.137. The zero-order valence-corrected chi connectivity index (χ0v) is 12.9. The summed E-state index contributed by atoms with van der Waals surface area (Å²) in [6, 6.07) is 3.19. The van der Waals surface area contributed by atoms with E-state index in [0.717, 1.165) is 0 Å². The first-order valence-electron chi connectivity index (χ1n) is 6.56. The van der Waals surface area contributed by atoms with Gasteiger partial charge in [-0.2, -0.15) is 13.2 Å². The van der Waals surface area contributed by atoms with E-state index in [2.05, 4.69) is 20.0 Å². The monoisotopic (exact) mass is 375 g/mol. The number of rotatable bonds is 4. The maximum absolute atomic E-state index is 12.5. The van der Waals surface area contributed by atoms with Gasteiger partial charge in [-0.25, -0.2) is 9.78 Å². The molecular formula is C14H9ClF3N3O4. The molecule has 0 aromatic carbocycles. The topological polar surface area (TPSA) is 101 Å². The molecule has 132 valence electrons. The number of carbonyl (C=O) groups excluding carboxylic acids is 2. The van der Waals surface area contributed by atoms with E-state index in [9.17, 15) is 27.6 Å². The average molecular weight is 376 g/mol. The van der Waals surface area contributed by atoms with Crippen LogP contribution in [0.25, 0.3) is 0 Å². The van der Waals surface area contributed by atoms with Crippen LogP contribution in [0.1, 0.15) is 15.9 Å². The highest BCUT2D eigenvalue weighted by Gasteiger charge is 2.31. The van der Waals surface area contributed by atoms with Gasteiger partial charge < -0.3 is 15.0 Å². The zero-order valence-electron chi connectivity index (χ0n) is 12.2. The minimum Gasteiger partial charge on any atom is -0.452 e. The van der Waals surface area contributed by atoms with Crippen LogP contribution in [0, 0.1) is 0 Å². The number of hydrogen-bond acceptors (Lipinski definition) is 5. The van der Waals surface area contributed by atoms with Crippen molar-refractivity contribution in [2.45, 2.75) is 6.18 Å². The Labute approximate surface area is 142 Å². The largest absolute Gasteiger partial charge is 0.452 e. The predicted molar refractivity (Wildman–Crippen MR) is 80.2 cm³/mol. The van der Waals surface area contributed by atoms with Gasteiger partial charge in [0.2, 0.25) is 0 Å². The van der Waals surface area contributed by atoms with E-state index in [1.54, 1.807) is 0 Å². The summed E-state index contributed by atoms with van der Waals surface area (Å²) < 4.78 is 42.1. The van der Waals surface area contributed by atoms with Crippen molar-refractivity contribution in [2.75, 3.05) is 11.9 Å². The summed E-state index contributed by atoms with van der Waals surface area (Å²) in [5.41, 5.74) is -2.08. The van der Waals surface area contributed by atoms with E-state index in [1.807, 2.05) is 0 Å². The number of nitrogens with zero attached hydrogens (tertiary/aromatic N) is 1. The van der Waals surface area contributed by atoms with Crippen LogP contribution in [0.4, 0.5) is 19.0 Å². The summed E-state index contributed by atoms with van der Waals surface area (Å²) >= 11 is 5.63. The number of hydrogen-bond donors (Lipinski definition) is 2. The first-order valence-corrected chi connectivity index (χ1v) is 6.93. The summed E-state index contributed by atoms with van der Waals surface area (Å²) in [6.07, 6.45) is -2.82. The first-order chi connectivity index (χ1) is 11.7. The lowest BCUT2D eigenvalue weighted by atomic mass is 10.3. The Kier molecular flexibility index (Phi) is 5.42. The van der Waals surface area contributed by atoms with E-state index in [-0.39, 0.29) is 11.4 Å². The molecule has 0 radical (unpaired) electrons. The minimum absolute atomic E-state index is 0.305. The quantitative estimate of drug-likeness (QED) is 0.798. The fourth-order valence-electron chi connectivity index (χ4n) is 1.64. The molecule has 0 fully saturated rings. The van der Waals surface area contributed by atoms with Crippen LogP contribution < -0.4 is 10.9 Å². The maximum Gasteiger partial charge on any atom is 0.417 e. The molecule has 0 bridgehead atoms. The molecule has 0 aliphatic heterocycles. The molecule has 2 aromatic heterocycles. The van der Waals surface area contributed by atoms with E-state index < -0.39 is 40.8 Å². The number of aromatic nitrogens is 2. The Balaban J connectivity index is 1.98. The summed E-state index contributed by atoms with van der Waals surface area (Å²) in [5.74, 6) is -2.26. The molecule has 0 unspecified atom stereocenters. The highest BCUT2D eigenvalue weighted by Crippen LogP contribution is 2.32. The molecule has 2 aromatic rings. The molecule has 7 nitrogen and oxygen atoms in total. The minimum atomic E-state index is -4.63. The molecule has 0 atom stereocenters. The Morgan fingerprint density at radius 1 is 1.36 bits per heavy atom. The fraction of sp³-hybridized carbons (Fsp3) is 0.143. The van der Waals surface area contributed by atoms with Crippen LogP contribution in [0.2, 0.25) is 5.02 Å². The Morgan fingerprint density at radius 2 is 2.08 bits per heavy atom. The number of ether oxygens (including phenoxy) is 1. The van der Waals surface area contributed by atoms with Crippen molar-refractivity contribution in [3.8, 4) is 0 Å². The summed E-state index contributed by atoms with van der Waals surface area (Å²) in [5, 5.41) is 1.66. The third-order valence-electron chi connectivity index (χ3n) is 2.80. The van der Waals surface area contributed by atoms with Crippen LogP contribution in [0.15, 0.2) is 35.4 Å². The lowest BCUT2D eigenvalue weighted by Gasteiger charge is -2.10. The maximum atomic E-state index is 12.5. The van der Waals surface area contributed by atoms with E-state index in [1.165, 1.54) is 18.3 Å². The van der Waals surface area contributed by atoms with Crippen molar-refractivity contribution >= 4 is 29.3 Å². The average Bonchev–Trinajstić information content (AvgIpc) is 2.54. The fourth-order valence-corrected chi connectivity index (χ4v) is 1.86. The zero-order chi connectivity index (χ0) is 18.6. The van der Waals surface area contributed by atoms with Crippen molar-refractivity contribution < 1.29 is 27.5 Å². The molecule has 2 N–H and O–H groups in total. The highest BCUT2D eigenvalue weighted by molar-refractivity contribution is 6.33. The van der Waals surface area contributed by atoms with Crippen molar-refractivity contribution in [1.29, 1.82) is 0 Å². The van der Waals surface area contributed by atoms with Gasteiger partial charge in [0.05, 0.1) is 10.6 Å². The van der Waals surface area contributed by atoms with Crippen LogP contribution >= 0.6 is 11.6 Å². The Morgan fingerprint density at radius 3 is 2.68 bits per heavy atom. The van der Waals surface area contributed by atoms with E-state index >= 15 is 0 Å². The number of carbonyl (C=O) groups is 2. The number of anilines is 1. The molecule has 2 rings (SSSR count). The van der Waals surface area contributed by atoms with Gasteiger partial charge >= 0.3 is 12.1 Å². The second-order valence-corrected chi connectivity index (χ2v) is 5.00. The second-order valence-electron chi connectivity index (χ2n) is 4.59. The number of halogens is 4. The van der Waals surface area contributed by atoms with Gasteiger partial charge in [-0.1, -0.05) is 11.6 Å². The van der Waals surface area contributed by atoms with Gasteiger partial charge in [-0.05, 0) is 18.2 Å². The second kappa shape index (κ2) is 7.34. The normalized spacial score (nSPS) is 11.0. The van der Waals surface area contributed by atoms with Crippen molar-refractivity contribution in [1.82, 2.24) is 9.97 Å². The van der Waals surface area contributed by atoms with Gasteiger partial charge in [0.15, 0.2) is 12.4 Å². The number of nitrogens with one attached hydrogen (secondary N) is 2.